The van der Waals surface area contributed by atoms with E-state index in [-0.39, 0.29) is 0 Å². The number of hydrogen-bond acceptors (Lipinski definition) is 2. The lowest BCUT2D eigenvalue weighted by Crippen LogP contribution is -2.11. The second-order valence-corrected chi connectivity index (χ2v) is 4.10. The summed E-state index contributed by atoms with van der Waals surface area (Å²) in [5, 5.41) is 3.43. The summed E-state index contributed by atoms with van der Waals surface area (Å²) in [5.41, 5.74) is 2.35. The van der Waals surface area contributed by atoms with Crippen LogP contribution in [0.4, 0.5) is 5.69 Å². The fourth-order valence-corrected chi connectivity index (χ4v) is 1.39. The van der Waals surface area contributed by atoms with Crippen LogP contribution in [0.15, 0.2) is 18.2 Å². The van der Waals surface area contributed by atoms with Crippen LogP contribution in [0.3, 0.4) is 0 Å². The highest BCUT2D eigenvalue weighted by Crippen LogP contribution is 2.25. The van der Waals surface area contributed by atoms with E-state index >= 15 is 0 Å². The topological polar surface area (TPSA) is 21.3 Å². The molecule has 0 aliphatic carbocycles. The monoisotopic (exact) mass is 207 g/mol. The maximum absolute atomic E-state index is 5.30. The molecule has 0 spiro atoms. The molecule has 0 bridgehead atoms. The van der Waals surface area contributed by atoms with Crippen LogP contribution in [0.5, 0.6) is 5.75 Å². The molecule has 0 aliphatic heterocycles. The lowest BCUT2D eigenvalue weighted by Gasteiger charge is -2.14. The molecule has 0 heterocycles. The van der Waals surface area contributed by atoms with E-state index in [1.165, 1.54) is 12.0 Å². The van der Waals surface area contributed by atoms with Gasteiger partial charge in [-0.1, -0.05) is 26.3 Å². The van der Waals surface area contributed by atoms with Crippen LogP contribution in [0.2, 0.25) is 0 Å². The molecule has 1 aromatic carbocycles. The highest BCUT2D eigenvalue weighted by atomic mass is 16.5. The Morgan fingerprint density at radius 3 is 2.73 bits per heavy atom. The predicted octanol–water partition coefficient (Wildman–Crippen LogP) is 3.46. The number of aryl methyl sites for hydroxylation is 1. The molecule has 0 saturated heterocycles. The summed E-state index contributed by atoms with van der Waals surface area (Å²) >= 11 is 0. The first kappa shape index (κ1) is 11.9. The summed E-state index contributed by atoms with van der Waals surface area (Å²) in [6.07, 6.45) is 1.20. The fourth-order valence-electron chi connectivity index (χ4n) is 1.39. The normalized spacial score (nSPS) is 12.3. The molecule has 0 amide bonds. The van der Waals surface area contributed by atoms with Crippen LogP contribution < -0.4 is 10.1 Å². The molecule has 84 valence electrons. The molecular formula is C13H21NO. The van der Waals surface area contributed by atoms with E-state index in [2.05, 4.69) is 38.2 Å². The van der Waals surface area contributed by atoms with Gasteiger partial charge in [-0.2, -0.15) is 0 Å². The maximum atomic E-state index is 5.30. The van der Waals surface area contributed by atoms with Gasteiger partial charge in [0.1, 0.15) is 5.75 Å². The van der Waals surface area contributed by atoms with Crippen LogP contribution >= 0.6 is 0 Å². The number of benzene rings is 1. The molecule has 0 aliphatic rings. The molecule has 0 aromatic heterocycles. The summed E-state index contributed by atoms with van der Waals surface area (Å²) < 4.78 is 5.30. The van der Waals surface area contributed by atoms with Gasteiger partial charge in [0.2, 0.25) is 0 Å². The summed E-state index contributed by atoms with van der Waals surface area (Å²) in [7, 11) is 1.71. The van der Waals surface area contributed by atoms with E-state index in [1.807, 2.05) is 6.07 Å². The van der Waals surface area contributed by atoms with Crippen molar-refractivity contribution < 1.29 is 4.74 Å². The molecule has 1 atom stereocenters. The van der Waals surface area contributed by atoms with Crippen molar-refractivity contribution in [1.29, 1.82) is 0 Å². The van der Waals surface area contributed by atoms with Crippen LogP contribution in [0.25, 0.3) is 0 Å². The standard InChI is InChI=1S/C13H21NO/c1-5-10(2)9-14-12-8-11(3)6-7-13(12)15-4/h6-8,10,14H,5,9H2,1-4H3/t10-/m0/s1. The van der Waals surface area contributed by atoms with Crippen molar-refractivity contribution >= 4 is 5.69 Å². The minimum absolute atomic E-state index is 0.690. The Balaban J connectivity index is 2.69. The van der Waals surface area contributed by atoms with Gasteiger partial charge in [0.25, 0.3) is 0 Å². The van der Waals surface area contributed by atoms with E-state index in [1.54, 1.807) is 7.11 Å². The van der Waals surface area contributed by atoms with E-state index in [9.17, 15) is 0 Å². The van der Waals surface area contributed by atoms with E-state index < -0.39 is 0 Å². The van der Waals surface area contributed by atoms with Crippen LogP contribution in [-0.4, -0.2) is 13.7 Å². The molecule has 1 aromatic rings. The van der Waals surface area contributed by atoms with Gasteiger partial charge < -0.3 is 10.1 Å². The Morgan fingerprint density at radius 2 is 2.13 bits per heavy atom. The molecule has 1 rings (SSSR count). The molecule has 0 radical (unpaired) electrons. The number of ether oxygens (including phenoxy) is 1. The lowest BCUT2D eigenvalue weighted by atomic mass is 10.1. The van der Waals surface area contributed by atoms with Crippen molar-refractivity contribution in [2.75, 3.05) is 19.0 Å². The molecule has 15 heavy (non-hydrogen) atoms. The third-order valence-electron chi connectivity index (χ3n) is 2.69. The molecule has 0 fully saturated rings. The minimum Gasteiger partial charge on any atom is -0.495 e. The third kappa shape index (κ3) is 3.46. The summed E-state index contributed by atoms with van der Waals surface area (Å²) in [6, 6.07) is 6.20. The largest absolute Gasteiger partial charge is 0.495 e. The first-order valence-corrected chi connectivity index (χ1v) is 5.55. The highest BCUT2D eigenvalue weighted by Gasteiger charge is 2.04. The third-order valence-corrected chi connectivity index (χ3v) is 2.69. The van der Waals surface area contributed by atoms with Gasteiger partial charge in [0, 0.05) is 6.54 Å². The SMILES string of the molecule is CC[C@H](C)CNc1cc(C)ccc1OC. The zero-order chi connectivity index (χ0) is 11.3. The van der Waals surface area contributed by atoms with Crippen molar-refractivity contribution in [3.63, 3.8) is 0 Å². The summed E-state index contributed by atoms with van der Waals surface area (Å²) in [6.45, 7) is 7.54. The van der Waals surface area contributed by atoms with Gasteiger partial charge in [-0.15, -0.1) is 0 Å². The van der Waals surface area contributed by atoms with Gasteiger partial charge in [-0.3, -0.25) is 0 Å². The van der Waals surface area contributed by atoms with Gasteiger partial charge in [-0.25, -0.2) is 0 Å². The van der Waals surface area contributed by atoms with E-state index in [4.69, 9.17) is 4.74 Å². The van der Waals surface area contributed by atoms with Crippen molar-refractivity contribution in [1.82, 2.24) is 0 Å². The quantitative estimate of drug-likeness (QED) is 0.798. The van der Waals surface area contributed by atoms with Gasteiger partial charge in [0.05, 0.1) is 12.8 Å². The zero-order valence-corrected chi connectivity index (χ0v) is 10.1. The lowest BCUT2D eigenvalue weighted by molar-refractivity contribution is 0.416. The van der Waals surface area contributed by atoms with Crippen LogP contribution in [0.1, 0.15) is 25.8 Å². The molecule has 2 nitrogen and oxygen atoms in total. The number of anilines is 1. The second kappa shape index (κ2) is 5.64. The first-order chi connectivity index (χ1) is 7.17. The van der Waals surface area contributed by atoms with Crippen molar-refractivity contribution in [3.8, 4) is 5.75 Å². The average Bonchev–Trinajstić information content (AvgIpc) is 2.26. The molecule has 0 unspecified atom stereocenters. The van der Waals surface area contributed by atoms with Crippen molar-refractivity contribution in [2.24, 2.45) is 5.92 Å². The minimum atomic E-state index is 0.690. The summed E-state index contributed by atoms with van der Waals surface area (Å²) in [4.78, 5) is 0. The average molecular weight is 207 g/mol. The van der Waals surface area contributed by atoms with Crippen LogP contribution in [0, 0.1) is 12.8 Å². The first-order valence-electron chi connectivity index (χ1n) is 5.55. The Labute approximate surface area is 92.6 Å². The fraction of sp³-hybridized carbons (Fsp3) is 0.538. The van der Waals surface area contributed by atoms with Gasteiger partial charge in [-0.05, 0) is 30.5 Å². The van der Waals surface area contributed by atoms with Crippen molar-refractivity contribution in [2.45, 2.75) is 27.2 Å². The van der Waals surface area contributed by atoms with E-state index in [0.717, 1.165) is 18.0 Å². The molecular weight excluding hydrogens is 186 g/mol. The highest BCUT2D eigenvalue weighted by molar-refractivity contribution is 5.57. The van der Waals surface area contributed by atoms with Crippen LogP contribution in [-0.2, 0) is 0 Å². The van der Waals surface area contributed by atoms with E-state index in [0.29, 0.717) is 5.92 Å². The molecule has 1 N–H and O–H groups in total. The maximum Gasteiger partial charge on any atom is 0.141 e. The number of hydrogen-bond donors (Lipinski definition) is 1. The Kier molecular flexibility index (Phi) is 4.47. The van der Waals surface area contributed by atoms with Crippen molar-refractivity contribution in [3.05, 3.63) is 23.8 Å². The molecule has 2 heteroatoms. The van der Waals surface area contributed by atoms with Gasteiger partial charge >= 0.3 is 0 Å². The Morgan fingerprint density at radius 1 is 1.40 bits per heavy atom. The number of rotatable bonds is 5. The predicted molar refractivity (Wildman–Crippen MR) is 65.7 cm³/mol. The molecule has 0 saturated carbocycles. The summed E-state index contributed by atoms with van der Waals surface area (Å²) in [5.74, 6) is 1.61. The second-order valence-electron chi connectivity index (χ2n) is 4.10. The van der Waals surface area contributed by atoms with Gasteiger partial charge in [0.15, 0.2) is 0 Å². The smallest absolute Gasteiger partial charge is 0.141 e. The number of nitrogens with one attached hydrogen (secondary N) is 1. The zero-order valence-electron chi connectivity index (χ0n) is 10.1. The Hall–Kier alpha value is -1.18. The number of methoxy groups -OCH3 is 1. The Bertz CT molecular complexity index is 309.